The summed E-state index contributed by atoms with van der Waals surface area (Å²) in [4.78, 5) is 24.0. The molecule has 1 saturated carbocycles. The number of benzene rings is 2. The first-order valence-corrected chi connectivity index (χ1v) is 8.55. The molecule has 2 aromatic carbocycles. The van der Waals surface area contributed by atoms with Crippen molar-refractivity contribution in [3.05, 3.63) is 64.7 Å². The zero-order valence-corrected chi connectivity index (χ0v) is 14.6. The minimum absolute atomic E-state index is 0.0435. The fourth-order valence-corrected chi connectivity index (χ4v) is 2.58. The van der Waals surface area contributed by atoms with Crippen LogP contribution in [0.3, 0.4) is 0 Å². The monoisotopic (exact) mass is 354 g/mol. The zero-order chi connectivity index (χ0) is 17.8. The van der Waals surface area contributed by atoms with Gasteiger partial charge in [-0.3, -0.25) is 9.59 Å². The molecule has 1 aliphatic carbocycles. The van der Waals surface area contributed by atoms with Crippen molar-refractivity contribution in [1.82, 2.24) is 0 Å². The van der Waals surface area contributed by atoms with Gasteiger partial charge in [0.25, 0.3) is 0 Å². The summed E-state index contributed by atoms with van der Waals surface area (Å²) >= 11 is 5.93. The predicted octanol–water partition coefficient (Wildman–Crippen LogP) is 4.65. The molecule has 4 nitrogen and oxygen atoms in total. The number of amides is 2. The van der Waals surface area contributed by atoms with Crippen molar-refractivity contribution in [2.45, 2.75) is 19.8 Å². The SMILES string of the molecule is Cc1ccc(NC(=O)C2CC2)cc1NC(=O)/C=C/c1cccc(Cl)c1. The van der Waals surface area contributed by atoms with E-state index in [0.29, 0.717) is 16.4 Å². The summed E-state index contributed by atoms with van der Waals surface area (Å²) in [5.74, 6) is -0.0595. The predicted molar refractivity (Wildman–Crippen MR) is 102 cm³/mol. The molecule has 0 aliphatic heterocycles. The van der Waals surface area contributed by atoms with E-state index in [1.54, 1.807) is 24.3 Å². The molecule has 25 heavy (non-hydrogen) atoms. The number of nitrogens with one attached hydrogen (secondary N) is 2. The largest absolute Gasteiger partial charge is 0.326 e. The lowest BCUT2D eigenvalue weighted by Crippen LogP contribution is -2.14. The van der Waals surface area contributed by atoms with Gasteiger partial charge in [0.2, 0.25) is 11.8 Å². The third-order valence-corrected chi connectivity index (χ3v) is 4.22. The number of rotatable bonds is 5. The Hall–Kier alpha value is -2.59. The molecule has 0 radical (unpaired) electrons. The quantitative estimate of drug-likeness (QED) is 0.768. The van der Waals surface area contributed by atoms with E-state index in [1.807, 2.05) is 31.2 Å². The summed E-state index contributed by atoms with van der Waals surface area (Å²) in [7, 11) is 0. The van der Waals surface area contributed by atoms with Gasteiger partial charge in [-0.1, -0.05) is 29.8 Å². The summed E-state index contributed by atoms with van der Waals surface area (Å²) in [5, 5.41) is 6.35. The van der Waals surface area contributed by atoms with Crippen molar-refractivity contribution in [3.63, 3.8) is 0 Å². The Morgan fingerprint density at radius 2 is 1.92 bits per heavy atom. The van der Waals surface area contributed by atoms with E-state index in [4.69, 9.17) is 11.6 Å². The van der Waals surface area contributed by atoms with Crippen LogP contribution in [0.5, 0.6) is 0 Å². The van der Waals surface area contributed by atoms with Crippen molar-refractivity contribution in [1.29, 1.82) is 0 Å². The molecule has 0 unspecified atom stereocenters. The van der Waals surface area contributed by atoms with Crippen LogP contribution in [-0.4, -0.2) is 11.8 Å². The maximum atomic E-state index is 12.2. The van der Waals surface area contributed by atoms with Crippen molar-refractivity contribution in [3.8, 4) is 0 Å². The van der Waals surface area contributed by atoms with Crippen LogP contribution in [0, 0.1) is 12.8 Å². The van der Waals surface area contributed by atoms with Crippen LogP contribution in [0.4, 0.5) is 11.4 Å². The van der Waals surface area contributed by atoms with Crippen LogP contribution in [0.2, 0.25) is 5.02 Å². The van der Waals surface area contributed by atoms with Crippen LogP contribution in [0.1, 0.15) is 24.0 Å². The van der Waals surface area contributed by atoms with Crippen LogP contribution >= 0.6 is 11.6 Å². The normalized spacial score (nSPS) is 13.7. The Balaban J connectivity index is 1.66. The molecule has 0 atom stereocenters. The van der Waals surface area contributed by atoms with Crippen LogP contribution in [0.15, 0.2) is 48.5 Å². The zero-order valence-electron chi connectivity index (χ0n) is 13.9. The molecular weight excluding hydrogens is 336 g/mol. The van der Waals surface area contributed by atoms with E-state index in [9.17, 15) is 9.59 Å². The van der Waals surface area contributed by atoms with E-state index in [-0.39, 0.29) is 17.7 Å². The van der Waals surface area contributed by atoms with E-state index < -0.39 is 0 Å². The summed E-state index contributed by atoms with van der Waals surface area (Å²) in [6, 6.07) is 12.8. The first-order valence-electron chi connectivity index (χ1n) is 8.17. The average Bonchev–Trinajstić information content (AvgIpc) is 3.41. The van der Waals surface area contributed by atoms with Crippen molar-refractivity contribution in [2.24, 2.45) is 5.92 Å². The lowest BCUT2D eigenvalue weighted by Gasteiger charge is -2.10. The molecule has 0 bridgehead atoms. The highest BCUT2D eigenvalue weighted by Gasteiger charge is 2.29. The molecule has 2 amide bonds. The Bertz CT molecular complexity index is 841. The number of carbonyl (C=O) groups is 2. The Morgan fingerprint density at radius 1 is 1.12 bits per heavy atom. The Labute approximate surface area is 151 Å². The molecule has 0 spiro atoms. The highest BCUT2D eigenvalue weighted by atomic mass is 35.5. The van der Waals surface area contributed by atoms with Gasteiger partial charge >= 0.3 is 0 Å². The molecule has 0 saturated heterocycles. The summed E-state index contributed by atoms with van der Waals surface area (Å²) in [5.41, 5.74) is 3.14. The second-order valence-corrected chi connectivity index (χ2v) is 6.61. The van der Waals surface area contributed by atoms with Crippen LogP contribution in [-0.2, 0) is 9.59 Å². The van der Waals surface area contributed by atoms with Gasteiger partial charge in [0.05, 0.1) is 0 Å². The molecular formula is C20H19ClN2O2. The van der Waals surface area contributed by atoms with Gasteiger partial charge in [0.1, 0.15) is 0 Å². The topological polar surface area (TPSA) is 58.2 Å². The number of carbonyl (C=O) groups excluding carboxylic acids is 2. The van der Waals surface area contributed by atoms with Crippen molar-refractivity contribution >= 4 is 40.9 Å². The fourth-order valence-electron chi connectivity index (χ4n) is 2.38. The van der Waals surface area contributed by atoms with Gasteiger partial charge in [-0.2, -0.15) is 0 Å². The highest BCUT2D eigenvalue weighted by molar-refractivity contribution is 6.30. The van der Waals surface area contributed by atoms with Crippen LogP contribution < -0.4 is 10.6 Å². The average molecular weight is 355 g/mol. The Morgan fingerprint density at radius 3 is 2.64 bits per heavy atom. The first-order chi connectivity index (χ1) is 12.0. The van der Waals surface area contributed by atoms with E-state index >= 15 is 0 Å². The maximum Gasteiger partial charge on any atom is 0.248 e. The highest BCUT2D eigenvalue weighted by Crippen LogP contribution is 2.30. The van der Waals surface area contributed by atoms with Gasteiger partial charge in [-0.15, -0.1) is 0 Å². The molecule has 2 aromatic rings. The van der Waals surface area contributed by atoms with E-state index in [2.05, 4.69) is 10.6 Å². The minimum Gasteiger partial charge on any atom is -0.326 e. The first kappa shape index (κ1) is 17.2. The lowest BCUT2D eigenvalue weighted by molar-refractivity contribution is -0.117. The third-order valence-electron chi connectivity index (χ3n) is 3.99. The molecule has 1 aliphatic rings. The number of hydrogen-bond donors (Lipinski definition) is 2. The molecule has 1 fully saturated rings. The number of halogens is 1. The Kier molecular flexibility index (Phi) is 5.19. The van der Waals surface area contributed by atoms with Gasteiger partial charge in [-0.25, -0.2) is 0 Å². The molecule has 128 valence electrons. The molecule has 5 heteroatoms. The van der Waals surface area contributed by atoms with E-state index in [0.717, 1.165) is 24.0 Å². The second-order valence-electron chi connectivity index (χ2n) is 6.17. The third kappa shape index (κ3) is 4.94. The van der Waals surface area contributed by atoms with Gasteiger partial charge in [-0.05, 0) is 61.2 Å². The second kappa shape index (κ2) is 7.53. The smallest absolute Gasteiger partial charge is 0.248 e. The number of anilines is 2. The van der Waals surface area contributed by atoms with Gasteiger partial charge in [0.15, 0.2) is 0 Å². The van der Waals surface area contributed by atoms with Crippen molar-refractivity contribution in [2.75, 3.05) is 10.6 Å². The summed E-state index contributed by atoms with van der Waals surface area (Å²) in [6.07, 6.45) is 5.07. The maximum absolute atomic E-state index is 12.2. The summed E-state index contributed by atoms with van der Waals surface area (Å²) in [6.45, 7) is 1.91. The lowest BCUT2D eigenvalue weighted by atomic mass is 10.1. The number of hydrogen-bond acceptors (Lipinski definition) is 2. The summed E-state index contributed by atoms with van der Waals surface area (Å²) < 4.78 is 0. The van der Waals surface area contributed by atoms with Gasteiger partial charge < -0.3 is 10.6 Å². The standard InChI is InChI=1S/C20H19ClN2O2/c1-13-5-9-17(22-20(25)15-7-8-15)12-18(13)23-19(24)10-6-14-3-2-4-16(21)11-14/h2-6,9-12,15H,7-8H2,1H3,(H,22,25)(H,23,24)/b10-6+. The molecule has 2 N–H and O–H groups in total. The molecule has 0 aromatic heterocycles. The van der Waals surface area contributed by atoms with E-state index in [1.165, 1.54) is 6.08 Å². The van der Waals surface area contributed by atoms with Crippen molar-refractivity contribution < 1.29 is 9.59 Å². The van der Waals surface area contributed by atoms with Gasteiger partial charge in [0, 0.05) is 28.4 Å². The fraction of sp³-hybridized carbons (Fsp3) is 0.200. The molecule has 3 rings (SSSR count). The molecule has 0 heterocycles. The number of aryl methyl sites for hydroxylation is 1. The van der Waals surface area contributed by atoms with Crippen LogP contribution in [0.25, 0.3) is 6.08 Å². The minimum atomic E-state index is -0.242.